The van der Waals surface area contributed by atoms with Crippen LogP contribution in [0.25, 0.3) is 0 Å². The molecule has 0 saturated carbocycles. The van der Waals surface area contributed by atoms with E-state index < -0.39 is 17.0 Å². The maximum Gasteiger partial charge on any atom is 0.491 e. The van der Waals surface area contributed by atoms with Crippen LogP contribution >= 0.6 is 0 Å². The van der Waals surface area contributed by atoms with Crippen molar-refractivity contribution < 1.29 is 27.7 Å². The van der Waals surface area contributed by atoms with Gasteiger partial charge in [0.2, 0.25) is 0 Å². The van der Waals surface area contributed by atoms with E-state index in [1.165, 1.54) is 0 Å². The van der Waals surface area contributed by atoms with E-state index in [-0.39, 0.29) is 11.9 Å². The van der Waals surface area contributed by atoms with Gasteiger partial charge in [-0.15, -0.1) is 0 Å². The molecule has 8 heteroatoms. The van der Waals surface area contributed by atoms with Gasteiger partial charge in [-0.3, -0.25) is 0 Å². The third kappa shape index (κ3) is 5.14. The Morgan fingerprint density at radius 2 is 1.89 bits per heavy atom. The monoisotopic (exact) mass is 388 g/mol. The largest absolute Gasteiger partial charge is 0.491 e. The minimum Gasteiger partial charge on any atom is -0.423 e. The molecule has 0 bridgehead atoms. The normalized spacial score (nSPS) is 12.8. The van der Waals surface area contributed by atoms with Gasteiger partial charge < -0.3 is 9.68 Å². The molecule has 1 heterocycles. The lowest BCUT2D eigenvalue weighted by Gasteiger charge is -2.12. The first-order valence-electron chi connectivity index (χ1n) is 8.55. The quantitative estimate of drug-likeness (QED) is 0.781. The molecule has 0 radical (unpaired) electrons. The number of aryl methyl sites for hydroxylation is 2. The van der Waals surface area contributed by atoms with E-state index in [1.54, 1.807) is 18.2 Å². The van der Waals surface area contributed by atoms with Crippen LogP contribution in [-0.4, -0.2) is 26.7 Å². The summed E-state index contributed by atoms with van der Waals surface area (Å²) in [5, 5.41) is 9.79. The van der Waals surface area contributed by atoms with Gasteiger partial charge in [0.15, 0.2) is 9.84 Å². The molecular weight excluding hydrogens is 367 g/mol. The van der Waals surface area contributed by atoms with Gasteiger partial charge >= 0.3 is 13.3 Å². The van der Waals surface area contributed by atoms with E-state index in [0.717, 1.165) is 29.5 Å². The van der Waals surface area contributed by atoms with Crippen LogP contribution in [-0.2, 0) is 42.9 Å². The smallest absolute Gasteiger partial charge is 0.423 e. The van der Waals surface area contributed by atoms with Crippen LogP contribution in [0.3, 0.4) is 0 Å². The molecule has 0 aromatic heterocycles. The second kappa shape index (κ2) is 9.10. The van der Waals surface area contributed by atoms with Crippen LogP contribution < -0.4 is 5.46 Å². The SMILES string of the molecule is CCCc1cc(C)ccc1S(=O)(=O)Cc1ccc2c(c1)B(O)OC2.O=C=O. The fourth-order valence-electron chi connectivity index (χ4n) is 3.13. The number of sulfone groups is 1. The molecule has 6 nitrogen and oxygen atoms in total. The number of carbonyl (C=O) groups excluding carboxylic acids is 2. The van der Waals surface area contributed by atoms with Crippen LogP contribution in [0.5, 0.6) is 0 Å². The van der Waals surface area contributed by atoms with Crippen molar-refractivity contribution in [1.82, 2.24) is 0 Å². The average molecular weight is 388 g/mol. The van der Waals surface area contributed by atoms with Crippen molar-refractivity contribution in [3.8, 4) is 0 Å². The zero-order valence-electron chi connectivity index (χ0n) is 15.3. The molecule has 2 aromatic rings. The zero-order chi connectivity index (χ0) is 20.0. The molecule has 0 amide bonds. The van der Waals surface area contributed by atoms with Crippen LogP contribution in [0.15, 0.2) is 41.3 Å². The molecule has 0 spiro atoms. The van der Waals surface area contributed by atoms with E-state index in [2.05, 4.69) is 0 Å². The number of hydrogen-bond acceptors (Lipinski definition) is 6. The maximum atomic E-state index is 12.9. The van der Waals surface area contributed by atoms with E-state index in [0.29, 0.717) is 22.5 Å². The summed E-state index contributed by atoms with van der Waals surface area (Å²) in [6.45, 7) is 4.38. The summed E-state index contributed by atoms with van der Waals surface area (Å²) in [5.41, 5.74) is 4.18. The highest BCUT2D eigenvalue weighted by molar-refractivity contribution is 7.90. The summed E-state index contributed by atoms with van der Waals surface area (Å²) in [4.78, 5) is 16.7. The highest BCUT2D eigenvalue weighted by Gasteiger charge is 2.28. The number of benzene rings is 2. The summed E-state index contributed by atoms with van der Waals surface area (Å²) in [6, 6.07) is 10.9. The Morgan fingerprint density at radius 3 is 2.56 bits per heavy atom. The predicted octanol–water partition coefficient (Wildman–Crippen LogP) is 1.56. The van der Waals surface area contributed by atoms with Gasteiger partial charge in [0, 0.05) is 0 Å². The fraction of sp³-hybridized carbons (Fsp3) is 0.316. The lowest BCUT2D eigenvalue weighted by molar-refractivity contribution is -0.191. The van der Waals surface area contributed by atoms with Crippen molar-refractivity contribution >= 4 is 28.6 Å². The molecule has 0 saturated heterocycles. The van der Waals surface area contributed by atoms with E-state index in [1.807, 2.05) is 32.0 Å². The van der Waals surface area contributed by atoms with E-state index >= 15 is 0 Å². The Hall–Kier alpha value is -2.25. The summed E-state index contributed by atoms with van der Waals surface area (Å²) in [6.07, 6.45) is 1.89. The molecule has 1 N–H and O–H groups in total. The summed E-state index contributed by atoms with van der Waals surface area (Å²) in [7, 11) is -4.40. The van der Waals surface area contributed by atoms with Gasteiger partial charge in [-0.05, 0) is 41.6 Å². The second-order valence-corrected chi connectivity index (χ2v) is 8.36. The molecule has 142 valence electrons. The first kappa shape index (κ1) is 21.1. The number of hydrogen-bond donors (Lipinski definition) is 1. The zero-order valence-corrected chi connectivity index (χ0v) is 16.1. The molecule has 0 atom stereocenters. The third-order valence-corrected chi connectivity index (χ3v) is 6.08. The van der Waals surface area contributed by atoms with Gasteiger partial charge in [-0.2, -0.15) is 9.59 Å². The summed E-state index contributed by atoms with van der Waals surface area (Å²) in [5.74, 6) is -0.0766. The first-order chi connectivity index (χ1) is 12.8. The Morgan fingerprint density at radius 1 is 1.19 bits per heavy atom. The summed E-state index contributed by atoms with van der Waals surface area (Å²) < 4.78 is 31.0. The average Bonchev–Trinajstić information content (AvgIpc) is 2.96. The lowest BCUT2D eigenvalue weighted by Crippen LogP contribution is -2.28. The number of rotatable bonds is 5. The highest BCUT2D eigenvalue weighted by Crippen LogP contribution is 2.23. The minimum atomic E-state index is -3.44. The van der Waals surface area contributed by atoms with Crippen molar-refractivity contribution in [2.24, 2.45) is 0 Å². The molecule has 1 aliphatic rings. The van der Waals surface area contributed by atoms with Crippen molar-refractivity contribution in [2.45, 2.75) is 43.9 Å². The molecule has 3 rings (SSSR count). The summed E-state index contributed by atoms with van der Waals surface area (Å²) >= 11 is 0. The Balaban J connectivity index is 0.000000817. The Labute approximate surface area is 159 Å². The standard InChI is InChI=1S/C18H21BO4S.CO2/c1-3-4-15-9-13(2)5-8-18(15)24(21,22)12-14-6-7-16-11-23-19(20)17(16)10-14;2-1-3/h5-10,20H,3-4,11-12H2,1-2H3;. The Kier molecular flexibility index (Phi) is 7.10. The van der Waals surface area contributed by atoms with Gasteiger partial charge in [0.25, 0.3) is 0 Å². The van der Waals surface area contributed by atoms with Gasteiger partial charge in [-0.1, -0.05) is 49.2 Å². The van der Waals surface area contributed by atoms with Crippen molar-refractivity contribution in [1.29, 1.82) is 0 Å². The minimum absolute atomic E-state index is 0.0766. The maximum absolute atomic E-state index is 12.9. The molecule has 0 unspecified atom stereocenters. The van der Waals surface area contributed by atoms with Crippen molar-refractivity contribution in [2.75, 3.05) is 0 Å². The lowest BCUT2D eigenvalue weighted by atomic mass is 9.79. The van der Waals surface area contributed by atoms with Gasteiger partial charge in [0.05, 0.1) is 17.3 Å². The van der Waals surface area contributed by atoms with E-state index in [4.69, 9.17) is 14.2 Å². The fourth-order valence-corrected chi connectivity index (χ4v) is 4.74. The van der Waals surface area contributed by atoms with Crippen molar-refractivity contribution in [3.63, 3.8) is 0 Å². The van der Waals surface area contributed by atoms with Crippen LogP contribution in [0, 0.1) is 6.92 Å². The molecule has 1 aliphatic heterocycles. The molecular formula is C19H21BO6S. The Bertz CT molecular complexity index is 949. The highest BCUT2D eigenvalue weighted by atomic mass is 32.2. The molecule has 27 heavy (non-hydrogen) atoms. The number of fused-ring (bicyclic) bond motifs is 1. The van der Waals surface area contributed by atoms with Crippen LogP contribution in [0.2, 0.25) is 0 Å². The first-order valence-corrected chi connectivity index (χ1v) is 10.2. The predicted molar refractivity (Wildman–Crippen MR) is 99.9 cm³/mol. The molecule has 0 fully saturated rings. The second-order valence-electron chi connectivity index (χ2n) is 6.40. The van der Waals surface area contributed by atoms with Gasteiger partial charge in [0.1, 0.15) is 0 Å². The van der Waals surface area contributed by atoms with Crippen LogP contribution in [0.4, 0.5) is 0 Å². The van der Waals surface area contributed by atoms with Crippen molar-refractivity contribution in [3.05, 3.63) is 58.7 Å². The molecule has 2 aromatic carbocycles. The topological polar surface area (TPSA) is 97.7 Å². The van der Waals surface area contributed by atoms with Crippen LogP contribution in [0.1, 0.15) is 35.6 Å². The van der Waals surface area contributed by atoms with E-state index in [9.17, 15) is 13.4 Å². The third-order valence-electron chi connectivity index (χ3n) is 4.30. The van der Waals surface area contributed by atoms with Gasteiger partial charge in [-0.25, -0.2) is 8.42 Å². The molecule has 0 aliphatic carbocycles.